The number of piperazine rings is 1. The molecule has 0 aromatic heterocycles. The molecule has 0 N–H and O–H groups in total. The molecule has 0 radical (unpaired) electrons. The Morgan fingerprint density at radius 1 is 0.846 bits per heavy atom. The Balaban J connectivity index is 1.79. The van der Waals surface area contributed by atoms with E-state index in [1.807, 2.05) is 23.5 Å². The number of nitrogens with zero attached hydrogens (tertiary/aromatic N) is 3. The fourth-order valence-electron chi connectivity index (χ4n) is 1.62. The number of thioether (sulfide) groups is 2. The minimum atomic E-state index is 1.19. The van der Waals surface area contributed by atoms with E-state index in [0.29, 0.717) is 0 Å². The van der Waals surface area contributed by atoms with Crippen LogP contribution < -0.4 is 0 Å². The van der Waals surface area contributed by atoms with Gasteiger partial charge < -0.3 is 4.90 Å². The van der Waals surface area contributed by atoms with Crippen LogP contribution in [0.3, 0.4) is 0 Å². The molecule has 2 aliphatic rings. The molecular weight excluding hydrogens is 202 g/mol. The highest BCUT2D eigenvalue weighted by Gasteiger charge is 2.21. The molecule has 0 aromatic carbocycles. The fourth-order valence-corrected chi connectivity index (χ4v) is 3.74. The van der Waals surface area contributed by atoms with Crippen LogP contribution in [0.1, 0.15) is 0 Å². The van der Waals surface area contributed by atoms with Gasteiger partial charge in [-0.1, -0.05) is 0 Å². The molecule has 0 amide bonds. The zero-order valence-corrected chi connectivity index (χ0v) is 9.74. The maximum absolute atomic E-state index is 2.51. The minimum absolute atomic E-state index is 1.19. The smallest absolute Gasteiger partial charge is 0.0607 e. The highest BCUT2D eigenvalue weighted by atomic mass is 32.2. The van der Waals surface area contributed by atoms with Crippen LogP contribution in [-0.4, -0.2) is 65.0 Å². The Hall–Kier alpha value is 0.580. The maximum Gasteiger partial charge on any atom is 0.0607 e. The van der Waals surface area contributed by atoms with Crippen molar-refractivity contribution < 1.29 is 0 Å². The van der Waals surface area contributed by atoms with Crippen LogP contribution in [0.4, 0.5) is 0 Å². The van der Waals surface area contributed by atoms with E-state index >= 15 is 0 Å². The van der Waals surface area contributed by atoms with E-state index in [0.717, 1.165) is 0 Å². The van der Waals surface area contributed by atoms with E-state index < -0.39 is 0 Å². The second-order valence-electron chi connectivity index (χ2n) is 3.55. The SMILES string of the molecule is CN1CCN(N2CSCSC2)CC1. The molecular formula is C8H17N3S2. The van der Waals surface area contributed by atoms with Crippen LogP contribution >= 0.6 is 23.5 Å². The van der Waals surface area contributed by atoms with E-state index in [2.05, 4.69) is 22.0 Å². The van der Waals surface area contributed by atoms with Gasteiger partial charge in [-0.15, -0.1) is 23.5 Å². The van der Waals surface area contributed by atoms with E-state index in [-0.39, 0.29) is 0 Å². The second kappa shape index (κ2) is 4.89. The Labute approximate surface area is 88.8 Å². The predicted molar refractivity (Wildman–Crippen MR) is 60.7 cm³/mol. The van der Waals surface area contributed by atoms with Gasteiger partial charge in [-0.05, 0) is 7.05 Å². The molecule has 5 heteroatoms. The van der Waals surface area contributed by atoms with Crippen LogP contribution in [0.25, 0.3) is 0 Å². The molecule has 2 heterocycles. The largest absolute Gasteiger partial charge is 0.304 e. The van der Waals surface area contributed by atoms with Gasteiger partial charge in [0.2, 0.25) is 0 Å². The predicted octanol–water partition coefficient (Wildman–Crippen LogP) is 0.803. The summed E-state index contributed by atoms with van der Waals surface area (Å²) in [6.45, 7) is 4.84. The number of likely N-dealkylation sites (N-methyl/N-ethyl adjacent to an activating group) is 1. The van der Waals surface area contributed by atoms with Gasteiger partial charge in [-0.2, -0.15) is 0 Å². The number of hydrazine groups is 1. The van der Waals surface area contributed by atoms with Gasteiger partial charge in [0, 0.05) is 31.3 Å². The van der Waals surface area contributed by atoms with Gasteiger partial charge in [0.15, 0.2) is 0 Å². The maximum atomic E-state index is 2.51. The van der Waals surface area contributed by atoms with Crippen molar-refractivity contribution in [2.45, 2.75) is 0 Å². The first-order chi connectivity index (χ1) is 6.36. The van der Waals surface area contributed by atoms with E-state index in [4.69, 9.17) is 0 Å². The van der Waals surface area contributed by atoms with E-state index in [9.17, 15) is 0 Å². The normalized spacial score (nSPS) is 29.3. The first-order valence-corrected chi connectivity index (χ1v) is 7.01. The Kier molecular flexibility index (Phi) is 3.80. The first kappa shape index (κ1) is 10.1. The van der Waals surface area contributed by atoms with Crippen molar-refractivity contribution in [2.75, 3.05) is 50.1 Å². The van der Waals surface area contributed by atoms with Crippen molar-refractivity contribution in [2.24, 2.45) is 0 Å². The van der Waals surface area contributed by atoms with Crippen LogP contribution in [-0.2, 0) is 0 Å². The molecule has 13 heavy (non-hydrogen) atoms. The Morgan fingerprint density at radius 3 is 2.08 bits per heavy atom. The number of rotatable bonds is 1. The molecule has 0 unspecified atom stereocenters. The van der Waals surface area contributed by atoms with Crippen LogP contribution in [0, 0.1) is 0 Å². The fraction of sp³-hybridized carbons (Fsp3) is 1.00. The third kappa shape index (κ3) is 2.76. The van der Waals surface area contributed by atoms with Crippen molar-refractivity contribution in [3.05, 3.63) is 0 Å². The third-order valence-corrected chi connectivity index (χ3v) is 4.82. The lowest BCUT2D eigenvalue weighted by Crippen LogP contribution is -2.53. The van der Waals surface area contributed by atoms with E-state index in [1.54, 1.807) is 0 Å². The highest BCUT2D eigenvalue weighted by Crippen LogP contribution is 2.23. The summed E-state index contributed by atoms with van der Waals surface area (Å²) in [5.41, 5.74) is 0. The third-order valence-electron chi connectivity index (χ3n) is 2.53. The molecule has 0 bridgehead atoms. The summed E-state index contributed by atoms with van der Waals surface area (Å²) in [6, 6.07) is 0. The minimum Gasteiger partial charge on any atom is -0.304 e. The molecule has 0 atom stereocenters. The van der Waals surface area contributed by atoms with Gasteiger partial charge in [0.1, 0.15) is 0 Å². The quantitative estimate of drug-likeness (QED) is 0.643. The van der Waals surface area contributed by atoms with Gasteiger partial charge in [-0.3, -0.25) is 0 Å². The van der Waals surface area contributed by atoms with Gasteiger partial charge in [0.25, 0.3) is 0 Å². The molecule has 3 nitrogen and oxygen atoms in total. The molecule has 2 saturated heterocycles. The van der Waals surface area contributed by atoms with Gasteiger partial charge in [-0.25, -0.2) is 10.0 Å². The molecule has 0 aliphatic carbocycles. The van der Waals surface area contributed by atoms with Crippen molar-refractivity contribution in [3.63, 3.8) is 0 Å². The van der Waals surface area contributed by atoms with Gasteiger partial charge >= 0.3 is 0 Å². The molecule has 0 aromatic rings. The lowest BCUT2D eigenvalue weighted by molar-refractivity contribution is -0.0237. The molecule has 0 spiro atoms. The summed E-state index contributed by atoms with van der Waals surface area (Å²) in [7, 11) is 2.21. The Bertz CT molecular complexity index is 153. The molecule has 2 rings (SSSR count). The standard InChI is InChI=1S/C8H17N3S2/c1-9-2-4-10(5-3-9)11-6-12-8-13-7-11/h2-8H2,1H3. The summed E-state index contributed by atoms with van der Waals surface area (Å²) in [5, 5.41) is 6.27. The van der Waals surface area contributed by atoms with Crippen molar-refractivity contribution in [1.82, 2.24) is 14.9 Å². The monoisotopic (exact) mass is 219 g/mol. The topological polar surface area (TPSA) is 9.72 Å². The summed E-state index contributed by atoms with van der Waals surface area (Å²) in [5.74, 6) is 2.38. The van der Waals surface area contributed by atoms with Gasteiger partial charge in [0.05, 0.1) is 11.8 Å². The molecule has 2 fully saturated rings. The van der Waals surface area contributed by atoms with Crippen LogP contribution in [0.2, 0.25) is 0 Å². The van der Waals surface area contributed by atoms with Crippen molar-refractivity contribution >= 4 is 23.5 Å². The zero-order chi connectivity index (χ0) is 9.10. The highest BCUT2D eigenvalue weighted by molar-refractivity contribution is 8.16. The average Bonchev–Trinajstić information content (AvgIpc) is 2.20. The van der Waals surface area contributed by atoms with Crippen LogP contribution in [0.15, 0.2) is 0 Å². The number of hydrogen-bond acceptors (Lipinski definition) is 5. The lowest BCUT2D eigenvalue weighted by Gasteiger charge is -2.41. The van der Waals surface area contributed by atoms with Crippen molar-refractivity contribution in [3.8, 4) is 0 Å². The average molecular weight is 219 g/mol. The summed E-state index contributed by atoms with van der Waals surface area (Å²) in [4.78, 5) is 2.40. The summed E-state index contributed by atoms with van der Waals surface area (Å²) >= 11 is 4.06. The summed E-state index contributed by atoms with van der Waals surface area (Å²) < 4.78 is 0. The summed E-state index contributed by atoms with van der Waals surface area (Å²) in [6.07, 6.45) is 0. The zero-order valence-electron chi connectivity index (χ0n) is 8.11. The second-order valence-corrected chi connectivity index (χ2v) is 5.82. The molecule has 0 saturated carbocycles. The Morgan fingerprint density at radius 2 is 1.46 bits per heavy atom. The first-order valence-electron chi connectivity index (χ1n) is 4.70. The van der Waals surface area contributed by atoms with Crippen molar-refractivity contribution in [1.29, 1.82) is 0 Å². The lowest BCUT2D eigenvalue weighted by atomic mass is 10.4. The number of hydrogen-bond donors (Lipinski definition) is 0. The molecule has 2 aliphatic heterocycles. The van der Waals surface area contributed by atoms with E-state index in [1.165, 1.54) is 43.0 Å². The molecule has 76 valence electrons. The van der Waals surface area contributed by atoms with Crippen LogP contribution in [0.5, 0.6) is 0 Å².